The molecule has 0 unspecified atom stereocenters. The average molecular weight is 223 g/mol. The van der Waals surface area contributed by atoms with Gasteiger partial charge in [-0.1, -0.05) is 0 Å². The summed E-state index contributed by atoms with van der Waals surface area (Å²) >= 11 is 0. The van der Waals surface area contributed by atoms with Crippen molar-refractivity contribution >= 4 is 8.56 Å². The highest BCUT2D eigenvalue weighted by molar-refractivity contribution is 6.70. The monoisotopic (exact) mass is 223 g/mol. The SMILES string of the molecule is CCON[Si](C)(NOCC)NOCC. The van der Waals surface area contributed by atoms with Gasteiger partial charge in [-0.3, -0.25) is 0 Å². The van der Waals surface area contributed by atoms with E-state index in [1.54, 1.807) is 0 Å². The summed E-state index contributed by atoms with van der Waals surface area (Å²) in [6.07, 6.45) is 0. The van der Waals surface area contributed by atoms with Gasteiger partial charge in [0.1, 0.15) is 0 Å². The first-order valence-electron chi connectivity index (χ1n) is 4.85. The van der Waals surface area contributed by atoms with Crippen molar-refractivity contribution in [1.29, 1.82) is 0 Å². The highest BCUT2D eigenvalue weighted by atomic mass is 28.4. The van der Waals surface area contributed by atoms with Crippen molar-refractivity contribution in [1.82, 2.24) is 15.4 Å². The zero-order valence-electron chi connectivity index (χ0n) is 9.35. The third-order valence-electron chi connectivity index (χ3n) is 1.26. The minimum Gasteiger partial charge on any atom is -0.307 e. The van der Waals surface area contributed by atoms with E-state index >= 15 is 0 Å². The molecular formula is C7H21N3O3Si. The molecule has 0 aromatic carbocycles. The van der Waals surface area contributed by atoms with Gasteiger partial charge in [0.05, 0.1) is 19.8 Å². The first kappa shape index (κ1) is 14.0. The Morgan fingerprint density at radius 1 is 0.786 bits per heavy atom. The molecule has 0 aromatic rings. The van der Waals surface area contributed by atoms with Crippen LogP contribution < -0.4 is 15.4 Å². The van der Waals surface area contributed by atoms with Gasteiger partial charge in [-0.05, 0) is 27.3 Å². The minimum absolute atomic E-state index is 0.587. The van der Waals surface area contributed by atoms with E-state index in [1.165, 1.54) is 0 Å². The summed E-state index contributed by atoms with van der Waals surface area (Å²) in [5.74, 6) is 0. The Morgan fingerprint density at radius 2 is 1.07 bits per heavy atom. The molecule has 0 aromatic heterocycles. The van der Waals surface area contributed by atoms with Gasteiger partial charge < -0.3 is 14.5 Å². The fraction of sp³-hybridized carbons (Fsp3) is 1.00. The zero-order chi connectivity index (χ0) is 10.9. The van der Waals surface area contributed by atoms with E-state index in [0.29, 0.717) is 19.8 Å². The lowest BCUT2D eigenvalue weighted by Crippen LogP contribution is -2.69. The topological polar surface area (TPSA) is 63.8 Å². The van der Waals surface area contributed by atoms with Crippen molar-refractivity contribution in [3.05, 3.63) is 0 Å². The summed E-state index contributed by atoms with van der Waals surface area (Å²) in [7, 11) is -2.23. The summed E-state index contributed by atoms with van der Waals surface area (Å²) in [5, 5.41) is 8.65. The molecule has 0 bridgehead atoms. The Hall–Kier alpha value is -0.0231. The molecule has 14 heavy (non-hydrogen) atoms. The summed E-state index contributed by atoms with van der Waals surface area (Å²) < 4.78 is 0. The van der Waals surface area contributed by atoms with Crippen molar-refractivity contribution in [2.45, 2.75) is 27.3 Å². The molecule has 0 fully saturated rings. The summed E-state index contributed by atoms with van der Waals surface area (Å²) in [4.78, 5) is 15.4. The maximum Gasteiger partial charge on any atom is 0.348 e. The van der Waals surface area contributed by atoms with Crippen LogP contribution in [0.25, 0.3) is 0 Å². The van der Waals surface area contributed by atoms with Gasteiger partial charge in [-0.15, -0.1) is 0 Å². The van der Waals surface area contributed by atoms with Gasteiger partial charge in [0.2, 0.25) is 0 Å². The normalized spacial score (nSPS) is 12.0. The van der Waals surface area contributed by atoms with Crippen LogP contribution in [0.3, 0.4) is 0 Å². The highest BCUT2D eigenvalue weighted by Gasteiger charge is 2.29. The van der Waals surface area contributed by atoms with E-state index in [4.69, 9.17) is 14.5 Å². The summed E-state index contributed by atoms with van der Waals surface area (Å²) in [6.45, 7) is 9.42. The molecule has 0 aliphatic heterocycles. The largest absolute Gasteiger partial charge is 0.348 e. The van der Waals surface area contributed by atoms with E-state index in [-0.39, 0.29) is 0 Å². The molecule has 0 spiro atoms. The Bertz CT molecular complexity index is 118. The smallest absolute Gasteiger partial charge is 0.307 e. The lowest BCUT2D eigenvalue weighted by Gasteiger charge is -2.27. The summed E-state index contributed by atoms with van der Waals surface area (Å²) in [6, 6.07) is 0. The molecule has 0 rings (SSSR count). The van der Waals surface area contributed by atoms with Crippen molar-refractivity contribution in [3.8, 4) is 0 Å². The van der Waals surface area contributed by atoms with Gasteiger partial charge in [0.15, 0.2) is 0 Å². The molecule has 0 saturated heterocycles. The molecule has 7 heteroatoms. The van der Waals surface area contributed by atoms with Crippen LogP contribution in [0.5, 0.6) is 0 Å². The van der Waals surface area contributed by atoms with E-state index < -0.39 is 8.56 Å². The van der Waals surface area contributed by atoms with Gasteiger partial charge >= 0.3 is 8.56 Å². The molecule has 86 valence electrons. The summed E-state index contributed by atoms with van der Waals surface area (Å²) in [5.41, 5.74) is 0. The maximum atomic E-state index is 5.12. The average Bonchev–Trinajstić information content (AvgIpc) is 2.21. The molecule has 0 radical (unpaired) electrons. The van der Waals surface area contributed by atoms with Crippen LogP contribution in [0.2, 0.25) is 6.55 Å². The second kappa shape index (κ2) is 8.30. The fourth-order valence-corrected chi connectivity index (χ4v) is 2.14. The van der Waals surface area contributed by atoms with Crippen molar-refractivity contribution in [2.24, 2.45) is 0 Å². The van der Waals surface area contributed by atoms with Crippen LogP contribution >= 0.6 is 0 Å². The molecule has 6 nitrogen and oxygen atoms in total. The number of hydrogen-bond acceptors (Lipinski definition) is 6. The quantitative estimate of drug-likeness (QED) is 0.383. The number of nitrogens with one attached hydrogen (secondary N) is 3. The third kappa shape index (κ3) is 6.43. The van der Waals surface area contributed by atoms with Crippen LogP contribution in [0.1, 0.15) is 20.8 Å². The van der Waals surface area contributed by atoms with Crippen molar-refractivity contribution in [2.75, 3.05) is 19.8 Å². The fourth-order valence-electron chi connectivity index (χ4n) is 0.712. The molecule has 0 atom stereocenters. The third-order valence-corrected chi connectivity index (χ3v) is 2.92. The van der Waals surface area contributed by atoms with E-state index in [1.807, 2.05) is 27.3 Å². The molecule has 0 heterocycles. The standard InChI is InChI=1S/C7H21N3O3Si/c1-5-11-8-14(4,9-12-6-2)10-13-7-3/h8-10H,5-7H2,1-4H3. The maximum absolute atomic E-state index is 5.12. The zero-order valence-corrected chi connectivity index (χ0v) is 10.3. The molecule has 0 amide bonds. The Morgan fingerprint density at radius 3 is 1.29 bits per heavy atom. The number of rotatable bonds is 9. The van der Waals surface area contributed by atoms with Crippen molar-refractivity contribution in [3.63, 3.8) is 0 Å². The molecule has 0 aliphatic rings. The molecular weight excluding hydrogens is 202 g/mol. The lowest BCUT2D eigenvalue weighted by atomic mass is 10.9. The van der Waals surface area contributed by atoms with E-state index in [0.717, 1.165) is 0 Å². The predicted octanol–water partition coefficient (Wildman–Crippen LogP) is 0.178. The van der Waals surface area contributed by atoms with Crippen LogP contribution in [-0.2, 0) is 14.5 Å². The van der Waals surface area contributed by atoms with E-state index in [2.05, 4.69) is 15.4 Å². The number of hydrogen-bond donors (Lipinski definition) is 3. The first-order valence-corrected chi connectivity index (χ1v) is 7.35. The van der Waals surface area contributed by atoms with Crippen LogP contribution in [-0.4, -0.2) is 28.4 Å². The highest BCUT2D eigenvalue weighted by Crippen LogP contribution is 1.89. The second-order valence-electron chi connectivity index (χ2n) is 2.73. The van der Waals surface area contributed by atoms with Crippen LogP contribution in [0.15, 0.2) is 0 Å². The van der Waals surface area contributed by atoms with Crippen LogP contribution in [0, 0.1) is 0 Å². The first-order chi connectivity index (χ1) is 6.68. The van der Waals surface area contributed by atoms with Gasteiger partial charge in [0.25, 0.3) is 0 Å². The molecule has 0 saturated carbocycles. The molecule has 0 aliphatic carbocycles. The Labute approximate surface area is 86.4 Å². The van der Waals surface area contributed by atoms with Gasteiger partial charge in [-0.2, -0.15) is 15.4 Å². The van der Waals surface area contributed by atoms with E-state index in [9.17, 15) is 0 Å². The molecule has 3 N–H and O–H groups in total. The lowest BCUT2D eigenvalue weighted by molar-refractivity contribution is 0.0257. The minimum atomic E-state index is -2.23. The van der Waals surface area contributed by atoms with Gasteiger partial charge in [0, 0.05) is 0 Å². The second-order valence-corrected chi connectivity index (χ2v) is 5.59. The van der Waals surface area contributed by atoms with Crippen LogP contribution in [0.4, 0.5) is 0 Å². The van der Waals surface area contributed by atoms with Gasteiger partial charge in [-0.25, -0.2) is 0 Å². The Kier molecular flexibility index (Phi) is 8.29. The predicted molar refractivity (Wildman–Crippen MR) is 55.9 cm³/mol. The van der Waals surface area contributed by atoms with Crippen molar-refractivity contribution < 1.29 is 14.5 Å². The Balaban J connectivity index is 3.89.